The van der Waals surface area contributed by atoms with Crippen LogP contribution in [0.2, 0.25) is 0 Å². The zero-order chi connectivity index (χ0) is 18.8. The number of likely N-dealkylation sites (tertiary alicyclic amines) is 1. The number of rotatable bonds is 5. The first kappa shape index (κ1) is 19.9. The Morgan fingerprint density at radius 2 is 1.80 bits per heavy atom. The van der Waals surface area contributed by atoms with E-state index in [4.69, 9.17) is 0 Å². The van der Waals surface area contributed by atoms with Crippen molar-refractivity contribution in [2.24, 2.45) is 5.92 Å². The zero-order valence-corrected chi connectivity index (χ0v) is 15.9. The van der Waals surface area contributed by atoms with E-state index in [-0.39, 0.29) is 10.8 Å². The molecule has 0 bridgehead atoms. The molecule has 0 radical (unpaired) electrons. The van der Waals surface area contributed by atoms with E-state index in [2.05, 4.69) is 0 Å². The average Bonchev–Trinajstić information content (AvgIpc) is 2.45. The number of nitrogens with zero attached hydrogens (tertiary/aromatic N) is 1. The third-order valence-electron chi connectivity index (χ3n) is 4.36. The Hall–Kier alpha value is -1.45. The molecule has 1 saturated heterocycles. The van der Waals surface area contributed by atoms with Crippen molar-refractivity contribution in [3.05, 3.63) is 29.3 Å². The van der Waals surface area contributed by atoms with Crippen LogP contribution in [0.5, 0.6) is 0 Å². The third kappa shape index (κ3) is 5.79. The molecule has 1 aliphatic rings. The Morgan fingerprint density at radius 1 is 1.20 bits per heavy atom. The molecule has 1 amide bonds. The predicted octanol–water partition coefficient (Wildman–Crippen LogP) is 1.07. The highest BCUT2D eigenvalue weighted by Crippen LogP contribution is 2.26. The van der Waals surface area contributed by atoms with Crippen molar-refractivity contribution in [2.75, 3.05) is 25.1 Å². The molecule has 0 spiro atoms. The first-order valence-electron chi connectivity index (χ1n) is 7.98. The van der Waals surface area contributed by atoms with Gasteiger partial charge in [-0.25, -0.2) is 8.42 Å². The van der Waals surface area contributed by atoms with Gasteiger partial charge in [0.1, 0.15) is 5.75 Å². The minimum Gasteiger partial charge on any atom is -0.342 e. The molecule has 1 aliphatic heterocycles. The molecule has 0 atom stereocenters. The number of hydrogen-bond acceptors (Lipinski definition) is 5. The quantitative estimate of drug-likeness (QED) is 0.755. The van der Waals surface area contributed by atoms with Crippen LogP contribution in [0.3, 0.4) is 0 Å². The van der Waals surface area contributed by atoms with E-state index >= 15 is 0 Å². The molecular weight excluding hydrogens is 366 g/mol. The van der Waals surface area contributed by atoms with Gasteiger partial charge >= 0.3 is 0 Å². The fourth-order valence-electron chi connectivity index (χ4n) is 3.13. The lowest BCUT2D eigenvalue weighted by Crippen LogP contribution is -2.41. The topological polar surface area (TPSA) is 109 Å². The molecule has 0 saturated carbocycles. The van der Waals surface area contributed by atoms with Crippen LogP contribution in [-0.4, -0.2) is 57.3 Å². The fourth-order valence-corrected chi connectivity index (χ4v) is 4.48. The monoisotopic (exact) mass is 389 g/mol. The summed E-state index contributed by atoms with van der Waals surface area (Å²) in [4.78, 5) is 13.4. The molecule has 2 rings (SSSR count). The number of piperidine rings is 1. The minimum atomic E-state index is -4.28. The molecule has 1 fully saturated rings. The molecule has 1 heterocycles. The maximum absolute atomic E-state index is 11.9. The lowest BCUT2D eigenvalue weighted by molar-refractivity contribution is -0.129. The van der Waals surface area contributed by atoms with Crippen LogP contribution < -0.4 is 0 Å². The van der Waals surface area contributed by atoms with E-state index in [1.807, 2.05) is 6.92 Å². The summed E-state index contributed by atoms with van der Waals surface area (Å²) in [5.41, 5.74) is 1.48. The lowest BCUT2D eigenvalue weighted by atomic mass is 9.89. The Bertz CT molecular complexity index is 853. The van der Waals surface area contributed by atoms with Crippen molar-refractivity contribution in [3.8, 4) is 0 Å². The molecule has 7 nitrogen and oxygen atoms in total. The lowest BCUT2D eigenvalue weighted by Gasteiger charge is -2.32. The summed E-state index contributed by atoms with van der Waals surface area (Å²) in [7, 11) is -7.62. The van der Waals surface area contributed by atoms with E-state index < -0.39 is 31.6 Å². The first-order valence-corrected chi connectivity index (χ1v) is 11.5. The van der Waals surface area contributed by atoms with Crippen molar-refractivity contribution < 1.29 is 26.2 Å². The van der Waals surface area contributed by atoms with E-state index in [0.29, 0.717) is 37.9 Å². The van der Waals surface area contributed by atoms with Crippen molar-refractivity contribution in [3.63, 3.8) is 0 Å². The van der Waals surface area contributed by atoms with Gasteiger partial charge in [0.15, 0.2) is 9.84 Å². The van der Waals surface area contributed by atoms with Crippen LogP contribution in [0.25, 0.3) is 0 Å². The van der Waals surface area contributed by atoms with Crippen molar-refractivity contribution in [2.45, 2.75) is 31.1 Å². The SMILES string of the molecule is Cc1ccc(S(=O)(=O)O)c(CC2CCN(C(=O)CS(C)(=O)=O)CC2)c1. The van der Waals surface area contributed by atoms with Crippen LogP contribution in [0.1, 0.15) is 24.0 Å². The fraction of sp³-hybridized carbons (Fsp3) is 0.562. The van der Waals surface area contributed by atoms with Gasteiger partial charge < -0.3 is 4.90 Å². The Kier molecular flexibility index (Phi) is 5.90. The van der Waals surface area contributed by atoms with Crippen LogP contribution >= 0.6 is 0 Å². The van der Waals surface area contributed by atoms with Crippen LogP contribution in [0.15, 0.2) is 23.1 Å². The van der Waals surface area contributed by atoms with Gasteiger partial charge in [0.25, 0.3) is 10.1 Å². The second-order valence-electron chi connectivity index (χ2n) is 6.68. The molecule has 0 aliphatic carbocycles. The Labute approximate surface area is 148 Å². The minimum absolute atomic E-state index is 0.0753. The maximum atomic E-state index is 11.9. The largest absolute Gasteiger partial charge is 0.342 e. The number of sulfone groups is 1. The zero-order valence-electron chi connectivity index (χ0n) is 14.3. The molecule has 25 heavy (non-hydrogen) atoms. The van der Waals surface area contributed by atoms with E-state index in [0.717, 1.165) is 11.8 Å². The molecule has 0 aromatic heterocycles. The number of carbonyl (C=O) groups is 1. The van der Waals surface area contributed by atoms with Crippen molar-refractivity contribution in [1.29, 1.82) is 0 Å². The maximum Gasteiger partial charge on any atom is 0.294 e. The van der Waals surface area contributed by atoms with Gasteiger partial charge in [0.05, 0.1) is 4.90 Å². The molecular formula is C16H23NO6S2. The van der Waals surface area contributed by atoms with E-state index in [1.165, 1.54) is 11.0 Å². The molecule has 140 valence electrons. The summed E-state index contributed by atoms with van der Waals surface area (Å²) in [5.74, 6) is -0.706. The Balaban J connectivity index is 2.04. The summed E-state index contributed by atoms with van der Waals surface area (Å²) in [6.07, 6.45) is 2.85. The standard InChI is InChI=1S/C16H23NO6S2/c1-12-3-4-15(25(21,22)23)14(9-12)10-13-5-7-17(8-6-13)16(18)11-24(2,19)20/h3-4,9,13H,5-8,10-11H2,1-2H3,(H,21,22,23). The first-order chi connectivity index (χ1) is 11.5. The van der Waals surface area contributed by atoms with Gasteiger partial charge in [-0.1, -0.05) is 17.7 Å². The van der Waals surface area contributed by atoms with Crippen LogP contribution in [0.4, 0.5) is 0 Å². The molecule has 1 aromatic carbocycles. The summed E-state index contributed by atoms with van der Waals surface area (Å²) in [5, 5.41) is 0. The van der Waals surface area contributed by atoms with Crippen LogP contribution in [-0.2, 0) is 31.2 Å². The summed E-state index contributed by atoms with van der Waals surface area (Å²) >= 11 is 0. The highest BCUT2D eigenvalue weighted by Gasteiger charge is 2.26. The normalized spacial score (nSPS) is 16.8. The van der Waals surface area contributed by atoms with Crippen molar-refractivity contribution >= 4 is 25.9 Å². The molecule has 9 heteroatoms. The summed E-state index contributed by atoms with van der Waals surface area (Å²) in [6.45, 7) is 2.75. The smallest absolute Gasteiger partial charge is 0.294 e. The average molecular weight is 389 g/mol. The van der Waals surface area contributed by atoms with Crippen molar-refractivity contribution in [1.82, 2.24) is 4.90 Å². The van der Waals surface area contributed by atoms with Gasteiger partial charge in [-0.2, -0.15) is 8.42 Å². The predicted molar refractivity (Wildman–Crippen MR) is 93.7 cm³/mol. The molecule has 0 unspecified atom stereocenters. The number of benzene rings is 1. The third-order valence-corrected chi connectivity index (χ3v) is 6.08. The van der Waals surface area contributed by atoms with Crippen LogP contribution in [0, 0.1) is 12.8 Å². The number of hydrogen-bond donors (Lipinski definition) is 1. The highest BCUT2D eigenvalue weighted by atomic mass is 32.2. The number of aryl methyl sites for hydroxylation is 1. The van der Waals surface area contributed by atoms with Gasteiger partial charge in [0, 0.05) is 19.3 Å². The van der Waals surface area contributed by atoms with Gasteiger partial charge in [0.2, 0.25) is 5.91 Å². The molecule has 1 aromatic rings. The number of amides is 1. The Morgan fingerprint density at radius 3 is 2.32 bits per heavy atom. The van der Waals surface area contributed by atoms with E-state index in [9.17, 15) is 26.2 Å². The van der Waals surface area contributed by atoms with Gasteiger partial charge in [-0.05, 0) is 43.7 Å². The number of carbonyl (C=O) groups excluding carboxylic acids is 1. The second-order valence-corrected chi connectivity index (χ2v) is 10.2. The second kappa shape index (κ2) is 7.43. The van der Waals surface area contributed by atoms with E-state index in [1.54, 1.807) is 12.1 Å². The summed E-state index contributed by atoms with van der Waals surface area (Å²) in [6, 6.07) is 4.80. The van der Waals surface area contributed by atoms with Gasteiger partial charge in [-0.15, -0.1) is 0 Å². The molecule has 1 N–H and O–H groups in total. The van der Waals surface area contributed by atoms with Gasteiger partial charge in [-0.3, -0.25) is 9.35 Å². The highest BCUT2D eigenvalue weighted by molar-refractivity contribution is 7.91. The summed E-state index contributed by atoms with van der Waals surface area (Å²) < 4.78 is 54.9.